The van der Waals surface area contributed by atoms with Gasteiger partial charge in [0, 0.05) is 18.0 Å². The van der Waals surface area contributed by atoms with Crippen LogP contribution in [0.1, 0.15) is 16.1 Å². The van der Waals surface area contributed by atoms with Crippen molar-refractivity contribution in [1.82, 2.24) is 10.5 Å². The predicted octanol–water partition coefficient (Wildman–Crippen LogP) is 3.02. The zero-order chi connectivity index (χ0) is 17.1. The van der Waals surface area contributed by atoms with Crippen molar-refractivity contribution in [2.24, 2.45) is 0 Å². The average molecular weight is 344 g/mol. The number of nitrogens with one attached hydrogen (secondary N) is 2. The van der Waals surface area contributed by atoms with E-state index in [0.717, 1.165) is 5.39 Å². The molecule has 2 aromatic carbocycles. The monoisotopic (exact) mass is 343 g/mol. The standard InChI is InChI=1S/C17H14ClN3O3/c1-19-17(23)10-6-7-12(18)14(8-10)20-16(22)9-13-11-4-2-3-5-15(11)24-21-13/h2-8H,9H2,1H3,(H,19,23)(H,20,22). The van der Waals surface area contributed by atoms with Gasteiger partial charge in [-0.1, -0.05) is 28.9 Å². The Balaban J connectivity index is 1.78. The molecular weight excluding hydrogens is 330 g/mol. The fourth-order valence-corrected chi connectivity index (χ4v) is 2.48. The highest BCUT2D eigenvalue weighted by Crippen LogP contribution is 2.24. The van der Waals surface area contributed by atoms with Crippen LogP contribution < -0.4 is 10.6 Å². The quantitative estimate of drug-likeness (QED) is 0.762. The van der Waals surface area contributed by atoms with Crippen molar-refractivity contribution in [3.63, 3.8) is 0 Å². The minimum absolute atomic E-state index is 0.0392. The molecule has 0 radical (unpaired) electrons. The zero-order valence-electron chi connectivity index (χ0n) is 12.8. The van der Waals surface area contributed by atoms with Crippen LogP contribution in [0.15, 0.2) is 47.0 Å². The first kappa shape index (κ1) is 16.0. The lowest BCUT2D eigenvalue weighted by atomic mass is 10.1. The number of hydrogen-bond donors (Lipinski definition) is 2. The van der Waals surface area contributed by atoms with Gasteiger partial charge in [-0.25, -0.2) is 0 Å². The summed E-state index contributed by atoms with van der Waals surface area (Å²) < 4.78 is 5.18. The first-order chi connectivity index (χ1) is 11.6. The van der Waals surface area contributed by atoms with Crippen LogP contribution in [0, 0.1) is 0 Å². The van der Waals surface area contributed by atoms with E-state index in [1.54, 1.807) is 18.2 Å². The van der Waals surface area contributed by atoms with E-state index in [-0.39, 0.29) is 18.2 Å². The molecule has 0 saturated carbocycles. The van der Waals surface area contributed by atoms with Crippen molar-refractivity contribution in [3.8, 4) is 0 Å². The molecule has 1 heterocycles. The van der Waals surface area contributed by atoms with E-state index < -0.39 is 0 Å². The van der Waals surface area contributed by atoms with Gasteiger partial charge in [-0.3, -0.25) is 9.59 Å². The highest BCUT2D eigenvalue weighted by molar-refractivity contribution is 6.33. The van der Waals surface area contributed by atoms with Gasteiger partial charge in [0.1, 0.15) is 5.69 Å². The summed E-state index contributed by atoms with van der Waals surface area (Å²) in [5.41, 5.74) is 1.95. The van der Waals surface area contributed by atoms with Crippen LogP contribution >= 0.6 is 11.6 Å². The van der Waals surface area contributed by atoms with E-state index in [9.17, 15) is 9.59 Å². The smallest absolute Gasteiger partial charge is 0.251 e. The summed E-state index contributed by atoms with van der Waals surface area (Å²) >= 11 is 6.08. The second-order valence-electron chi connectivity index (χ2n) is 5.12. The minimum atomic E-state index is -0.301. The van der Waals surface area contributed by atoms with Crippen LogP contribution in [0.5, 0.6) is 0 Å². The molecule has 0 spiro atoms. The van der Waals surface area contributed by atoms with E-state index in [1.807, 2.05) is 18.2 Å². The maximum absolute atomic E-state index is 12.3. The summed E-state index contributed by atoms with van der Waals surface area (Å²) in [5, 5.41) is 10.3. The fraction of sp³-hybridized carbons (Fsp3) is 0.118. The third-order valence-electron chi connectivity index (χ3n) is 3.51. The third kappa shape index (κ3) is 3.23. The molecule has 0 fully saturated rings. The normalized spacial score (nSPS) is 10.6. The Kier molecular flexibility index (Phi) is 4.48. The summed E-state index contributed by atoms with van der Waals surface area (Å²) in [6.45, 7) is 0. The number of anilines is 1. The first-order valence-electron chi connectivity index (χ1n) is 7.23. The highest BCUT2D eigenvalue weighted by Gasteiger charge is 2.14. The van der Waals surface area contributed by atoms with E-state index in [4.69, 9.17) is 16.1 Å². The predicted molar refractivity (Wildman–Crippen MR) is 91.2 cm³/mol. The minimum Gasteiger partial charge on any atom is -0.356 e. The second kappa shape index (κ2) is 6.72. The van der Waals surface area contributed by atoms with Gasteiger partial charge in [-0.15, -0.1) is 0 Å². The molecule has 1 aromatic heterocycles. The van der Waals surface area contributed by atoms with Crippen molar-refractivity contribution in [2.45, 2.75) is 6.42 Å². The number of carbonyl (C=O) groups is 2. The number of benzene rings is 2. The molecule has 0 saturated heterocycles. The van der Waals surface area contributed by atoms with Crippen LogP contribution in [0.4, 0.5) is 5.69 Å². The molecule has 24 heavy (non-hydrogen) atoms. The molecule has 122 valence electrons. The molecule has 0 aliphatic rings. The number of carbonyl (C=O) groups excluding carboxylic acids is 2. The lowest BCUT2D eigenvalue weighted by Gasteiger charge is -2.08. The summed E-state index contributed by atoms with van der Waals surface area (Å²) in [7, 11) is 1.53. The number of para-hydroxylation sites is 1. The molecule has 0 bridgehead atoms. The lowest BCUT2D eigenvalue weighted by Crippen LogP contribution is -2.19. The number of fused-ring (bicyclic) bond motifs is 1. The van der Waals surface area contributed by atoms with Crippen molar-refractivity contribution in [2.75, 3.05) is 12.4 Å². The van der Waals surface area contributed by atoms with Gasteiger partial charge in [0.25, 0.3) is 5.91 Å². The Labute approximate surface area is 142 Å². The first-order valence-corrected chi connectivity index (χ1v) is 7.61. The van der Waals surface area contributed by atoms with Crippen LogP contribution in [-0.4, -0.2) is 24.0 Å². The van der Waals surface area contributed by atoms with E-state index in [1.165, 1.54) is 13.1 Å². The van der Waals surface area contributed by atoms with Gasteiger partial charge >= 0.3 is 0 Å². The molecule has 0 atom stereocenters. The number of aromatic nitrogens is 1. The molecule has 0 aliphatic carbocycles. The van der Waals surface area contributed by atoms with Crippen LogP contribution in [0.2, 0.25) is 5.02 Å². The van der Waals surface area contributed by atoms with Crippen LogP contribution in [0.3, 0.4) is 0 Å². The van der Waals surface area contributed by atoms with Crippen LogP contribution in [0.25, 0.3) is 11.0 Å². The Bertz CT molecular complexity index is 920. The van der Waals surface area contributed by atoms with E-state index in [2.05, 4.69) is 15.8 Å². The van der Waals surface area contributed by atoms with Crippen molar-refractivity contribution < 1.29 is 14.1 Å². The molecule has 0 unspecified atom stereocenters. The molecule has 3 aromatic rings. The topological polar surface area (TPSA) is 84.2 Å². The molecule has 0 aliphatic heterocycles. The van der Waals surface area contributed by atoms with E-state index >= 15 is 0 Å². The largest absolute Gasteiger partial charge is 0.356 e. The van der Waals surface area contributed by atoms with Gasteiger partial charge in [0.2, 0.25) is 5.91 Å². The SMILES string of the molecule is CNC(=O)c1ccc(Cl)c(NC(=O)Cc2noc3ccccc23)c1. The van der Waals surface area contributed by atoms with E-state index in [0.29, 0.717) is 27.6 Å². The summed E-state index contributed by atoms with van der Waals surface area (Å²) in [4.78, 5) is 24.0. The summed E-state index contributed by atoms with van der Waals surface area (Å²) in [6.07, 6.45) is 0.0392. The fourth-order valence-electron chi connectivity index (χ4n) is 2.32. The third-order valence-corrected chi connectivity index (χ3v) is 3.84. The maximum atomic E-state index is 12.3. The molecule has 7 heteroatoms. The zero-order valence-corrected chi connectivity index (χ0v) is 13.6. The average Bonchev–Trinajstić information content (AvgIpc) is 2.99. The molecule has 2 N–H and O–H groups in total. The number of rotatable bonds is 4. The van der Waals surface area contributed by atoms with Crippen molar-refractivity contribution in [3.05, 3.63) is 58.7 Å². The van der Waals surface area contributed by atoms with Gasteiger partial charge in [0.05, 0.1) is 17.1 Å². The maximum Gasteiger partial charge on any atom is 0.251 e. The van der Waals surface area contributed by atoms with Gasteiger partial charge in [-0.05, 0) is 30.3 Å². The summed E-state index contributed by atoms with van der Waals surface area (Å²) in [5.74, 6) is -0.560. The number of hydrogen-bond acceptors (Lipinski definition) is 4. The number of nitrogens with zero attached hydrogens (tertiary/aromatic N) is 1. The second-order valence-corrected chi connectivity index (χ2v) is 5.53. The number of amides is 2. The molecule has 2 amide bonds. The molecule has 6 nitrogen and oxygen atoms in total. The lowest BCUT2D eigenvalue weighted by molar-refractivity contribution is -0.115. The molecular formula is C17H14ClN3O3. The Morgan fingerprint density at radius 1 is 1.21 bits per heavy atom. The van der Waals surface area contributed by atoms with Crippen LogP contribution in [-0.2, 0) is 11.2 Å². The van der Waals surface area contributed by atoms with Gasteiger partial charge in [0.15, 0.2) is 5.58 Å². The molecule has 3 rings (SSSR count). The van der Waals surface area contributed by atoms with Gasteiger partial charge in [-0.2, -0.15) is 0 Å². The van der Waals surface area contributed by atoms with Gasteiger partial charge < -0.3 is 15.2 Å². The number of halogens is 1. The highest BCUT2D eigenvalue weighted by atomic mass is 35.5. The van der Waals surface area contributed by atoms with Crippen molar-refractivity contribution in [1.29, 1.82) is 0 Å². The Morgan fingerprint density at radius 3 is 2.79 bits per heavy atom. The van der Waals surface area contributed by atoms with Crippen molar-refractivity contribution >= 4 is 40.1 Å². The Morgan fingerprint density at radius 2 is 2.00 bits per heavy atom. The summed E-state index contributed by atoms with van der Waals surface area (Å²) in [6, 6.07) is 12.0. The Hall–Kier alpha value is -2.86.